The molecule has 5 rings (SSSR count). The molecule has 8 heteroatoms. The second-order valence-electron chi connectivity index (χ2n) is 7.74. The molecule has 1 aromatic heterocycles. The monoisotopic (exact) mass is 406 g/mol. The van der Waals surface area contributed by atoms with Crippen molar-refractivity contribution in [3.63, 3.8) is 0 Å². The molecule has 1 saturated heterocycles. The van der Waals surface area contributed by atoms with Gasteiger partial charge in [-0.1, -0.05) is 18.2 Å². The number of hydrogen-bond donors (Lipinski definition) is 3. The van der Waals surface area contributed by atoms with Gasteiger partial charge in [-0.3, -0.25) is 9.59 Å². The Labute approximate surface area is 170 Å². The first-order valence-corrected chi connectivity index (χ1v) is 9.52. The standard InChI is InChI=1S/C22H18N2O6/c1-9(25)17-15-8-12(18(22(28)29)24(15)21(17)27)10-6-13-11-4-2-3-5-16(11)30-19(13)14(7-10)20(23)26/h2-7,9,15,17,25H,8H2,1H3,(H2,23,26)(H,28,29)/t9-,15-,17-/m1/s1. The van der Waals surface area contributed by atoms with E-state index < -0.39 is 35.8 Å². The van der Waals surface area contributed by atoms with Crippen LogP contribution in [0, 0.1) is 5.92 Å². The van der Waals surface area contributed by atoms with Gasteiger partial charge in [0.05, 0.1) is 23.6 Å². The van der Waals surface area contributed by atoms with Crippen molar-refractivity contribution >= 4 is 45.3 Å². The van der Waals surface area contributed by atoms with Crippen LogP contribution >= 0.6 is 0 Å². The Morgan fingerprint density at radius 1 is 1.23 bits per heavy atom. The number of aliphatic hydroxyl groups excluding tert-OH is 1. The zero-order chi connectivity index (χ0) is 21.3. The number of aliphatic hydroxyl groups is 1. The number of carboxylic acid groups (broad SMARTS) is 1. The number of benzene rings is 2. The average molecular weight is 406 g/mol. The van der Waals surface area contributed by atoms with Crippen LogP contribution in [0.5, 0.6) is 0 Å². The maximum atomic E-state index is 12.5. The SMILES string of the molecule is C[C@@H](O)[C@H]1C(=O)N2C(C(=O)O)=C(c3cc(C(N)=O)c4oc5ccccc5c4c3)C[C@H]12. The van der Waals surface area contributed by atoms with Crippen molar-refractivity contribution in [2.45, 2.75) is 25.5 Å². The molecule has 3 aromatic rings. The number of hydrogen-bond acceptors (Lipinski definition) is 5. The first-order chi connectivity index (χ1) is 14.3. The summed E-state index contributed by atoms with van der Waals surface area (Å²) in [5.74, 6) is -2.99. The van der Waals surface area contributed by atoms with E-state index in [0.29, 0.717) is 27.7 Å². The fraction of sp³-hybridized carbons (Fsp3) is 0.227. The van der Waals surface area contributed by atoms with Gasteiger partial charge >= 0.3 is 5.97 Å². The van der Waals surface area contributed by atoms with E-state index >= 15 is 0 Å². The summed E-state index contributed by atoms with van der Waals surface area (Å²) in [6.45, 7) is 1.52. The number of furan rings is 1. The van der Waals surface area contributed by atoms with Crippen LogP contribution < -0.4 is 5.73 Å². The minimum Gasteiger partial charge on any atom is -0.477 e. The molecule has 3 atom stereocenters. The molecule has 0 unspecified atom stereocenters. The van der Waals surface area contributed by atoms with Gasteiger partial charge in [-0.25, -0.2) is 4.79 Å². The van der Waals surface area contributed by atoms with E-state index in [9.17, 15) is 24.6 Å². The lowest BCUT2D eigenvalue weighted by Gasteiger charge is -2.44. The molecule has 152 valence electrons. The first-order valence-electron chi connectivity index (χ1n) is 9.52. The Hall–Kier alpha value is -3.65. The normalized spacial score (nSPS) is 21.8. The fourth-order valence-electron chi connectivity index (χ4n) is 4.71. The van der Waals surface area contributed by atoms with Gasteiger partial charge in [0.1, 0.15) is 16.9 Å². The van der Waals surface area contributed by atoms with Crippen molar-refractivity contribution in [3.8, 4) is 0 Å². The van der Waals surface area contributed by atoms with E-state index in [1.807, 2.05) is 18.2 Å². The molecule has 2 aliphatic heterocycles. The van der Waals surface area contributed by atoms with Crippen LogP contribution in [0.25, 0.3) is 27.5 Å². The maximum Gasteiger partial charge on any atom is 0.352 e. The molecule has 0 saturated carbocycles. The van der Waals surface area contributed by atoms with E-state index in [4.69, 9.17) is 10.2 Å². The summed E-state index contributed by atoms with van der Waals surface area (Å²) in [7, 11) is 0. The third-order valence-electron chi connectivity index (χ3n) is 6.02. The number of para-hydroxylation sites is 1. The number of aliphatic carboxylic acids is 1. The minimum atomic E-state index is -1.23. The number of nitrogens with two attached hydrogens (primary N) is 1. The van der Waals surface area contributed by atoms with Crippen LogP contribution in [0.4, 0.5) is 0 Å². The van der Waals surface area contributed by atoms with E-state index in [1.165, 1.54) is 17.9 Å². The van der Waals surface area contributed by atoms with Crippen molar-refractivity contribution in [2.75, 3.05) is 0 Å². The Kier molecular flexibility index (Phi) is 3.78. The second-order valence-corrected chi connectivity index (χ2v) is 7.74. The van der Waals surface area contributed by atoms with Gasteiger partial charge in [0.25, 0.3) is 5.91 Å². The van der Waals surface area contributed by atoms with Crippen LogP contribution in [-0.4, -0.2) is 45.0 Å². The number of carboxylic acids is 1. The lowest BCUT2D eigenvalue weighted by molar-refractivity contribution is -0.161. The van der Waals surface area contributed by atoms with Crippen LogP contribution in [0.3, 0.4) is 0 Å². The summed E-state index contributed by atoms with van der Waals surface area (Å²) in [6.07, 6.45) is -0.614. The number of amides is 2. The zero-order valence-electron chi connectivity index (χ0n) is 16.0. The molecule has 2 amide bonds. The summed E-state index contributed by atoms with van der Waals surface area (Å²) < 4.78 is 5.83. The summed E-state index contributed by atoms with van der Waals surface area (Å²) in [6, 6.07) is 10.1. The van der Waals surface area contributed by atoms with Crippen molar-refractivity contribution in [3.05, 3.63) is 53.2 Å². The van der Waals surface area contributed by atoms with Crippen LogP contribution in [0.2, 0.25) is 0 Å². The van der Waals surface area contributed by atoms with E-state index in [-0.39, 0.29) is 17.7 Å². The summed E-state index contributed by atoms with van der Waals surface area (Å²) in [5, 5.41) is 21.2. The molecule has 2 aromatic carbocycles. The Balaban J connectivity index is 1.75. The lowest BCUT2D eigenvalue weighted by atomic mass is 9.82. The molecule has 0 aliphatic carbocycles. The Bertz CT molecular complexity index is 1300. The van der Waals surface area contributed by atoms with Crippen LogP contribution in [0.1, 0.15) is 29.3 Å². The molecule has 30 heavy (non-hydrogen) atoms. The largest absolute Gasteiger partial charge is 0.477 e. The van der Waals surface area contributed by atoms with Gasteiger partial charge < -0.3 is 25.3 Å². The maximum absolute atomic E-state index is 12.5. The Morgan fingerprint density at radius 2 is 1.97 bits per heavy atom. The lowest BCUT2D eigenvalue weighted by Crippen LogP contribution is -2.61. The van der Waals surface area contributed by atoms with Crippen molar-refractivity contribution in [2.24, 2.45) is 11.7 Å². The third kappa shape index (κ3) is 2.34. The molecule has 3 heterocycles. The highest BCUT2D eigenvalue weighted by Crippen LogP contribution is 2.47. The zero-order valence-corrected chi connectivity index (χ0v) is 16.0. The summed E-state index contributed by atoms with van der Waals surface area (Å²) in [5.41, 5.74) is 7.45. The number of carbonyl (C=O) groups is 3. The topological polar surface area (TPSA) is 134 Å². The highest BCUT2D eigenvalue weighted by atomic mass is 16.4. The van der Waals surface area contributed by atoms with Gasteiger partial charge in [-0.05, 0) is 42.7 Å². The average Bonchev–Trinajstić information content (AvgIpc) is 3.22. The highest BCUT2D eigenvalue weighted by Gasteiger charge is 2.56. The number of rotatable bonds is 4. The van der Waals surface area contributed by atoms with Gasteiger partial charge in [0, 0.05) is 10.8 Å². The van der Waals surface area contributed by atoms with Gasteiger partial charge in [-0.2, -0.15) is 0 Å². The summed E-state index contributed by atoms with van der Waals surface area (Å²) >= 11 is 0. The Morgan fingerprint density at radius 3 is 2.63 bits per heavy atom. The fourth-order valence-corrected chi connectivity index (χ4v) is 4.71. The number of nitrogens with zero attached hydrogens (tertiary/aromatic N) is 1. The van der Waals surface area contributed by atoms with Gasteiger partial charge in [0.2, 0.25) is 5.91 Å². The highest BCUT2D eigenvalue weighted by molar-refractivity contribution is 6.15. The number of primary amides is 1. The molecular weight excluding hydrogens is 388 g/mol. The van der Waals surface area contributed by atoms with Crippen molar-refractivity contribution < 1.29 is 29.0 Å². The smallest absolute Gasteiger partial charge is 0.352 e. The van der Waals surface area contributed by atoms with Gasteiger partial charge in [-0.15, -0.1) is 0 Å². The molecule has 0 bridgehead atoms. The summed E-state index contributed by atoms with van der Waals surface area (Å²) in [4.78, 5) is 37.9. The van der Waals surface area contributed by atoms with Crippen LogP contribution in [0.15, 0.2) is 46.5 Å². The predicted molar refractivity (Wildman–Crippen MR) is 107 cm³/mol. The number of carbonyl (C=O) groups excluding carboxylic acids is 2. The molecule has 1 fully saturated rings. The van der Waals surface area contributed by atoms with E-state index in [0.717, 1.165) is 5.39 Å². The molecule has 0 spiro atoms. The van der Waals surface area contributed by atoms with Crippen molar-refractivity contribution in [1.82, 2.24) is 4.90 Å². The molecule has 8 nitrogen and oxygen atoms in total. The minimum absolute atomic E-state index is 0.121. The number of β-lactam (4-membered cyclic amide) rings is 1. The van der Waals surface area contributed by atoms with Crippen molar-refractivity contribution in [1.29, 1.82) is 0 Å². The third-order valence-corrected chi connectivity index (χ3v) is 6.02. The molecule has 2 aliphatic rings. The second kappa shape index (κ2) is 6.17. The number of fused-ring (bicyclic) bond motifs is 4. The van der Waals surface area contributed by atoms with Crippen LogP contribution in [-0.2, 0) is 9.59 Å². The molecule has 4 N–H and O–H groups in total. The quantitative estimate of drug-likeness (QED) is 0.568. The van der Waals surface area contributed by atoms with Gasteiger partial charge in [0.15, 0.2) is 0 Å². The van der Waals surface area contributed by atoms with E-state index in [1.54, 1.807) is 12.1 Å². The first kappa shape index (κ1) is 18.4. The predicted octanol–water partition coefficient (Wildman–Crippen LogP) is 2.09. The molecule has 0 radical (unpaired) electrons. The van der Waals surface area contributed by atoms with E-state index in [2.05, 4.69) is 0 Å². The molecular formula is C22H18N2O6.